The van der Waals surface area contributed by atoms with Crippen LogP contribution in [-0.2, 0) is 0 Å². The highest BCUT2D eigenvalue weighted by atomic mass is 35.5. The van der Waals surface area contributed by atoms with Gasteiger partial charge in [0, 0.05) is 23.2 Å². The van der Waals surface area contributed by atoms with E-state index in [1.165, 1.54) is 17.4 Å². The van der Waals surface area contributed by atoms with Gasteiger partial charge < -0.3 is 21.7 Å². The monoisotopic (exact) mass is 469 g/mol. The minimum Gasteiger partial charge on any atom is -0.370 e. The van der Waals surface area contributed by atoms with Crippen LogP contribution in [0.25, 0.3) is 11.1 Å². The third kappa shape index (κ3) is 6.70. The number of nitrogens with one attached hydrogen (secondary N) is 1. The van der Waals surface area contributed by atoms with Crippen LogP contribution in [0.1, 0.15) is 41.0 Å². The van der Waals surface area contributed by atoms with Crippen molar-refractivity contribution in [3.05, 3.63) is 44.1 Å². The Morgan fingerprint density at radius 1 is 1.10 bits per heavy atom. The standard InChI is InChI=1S/C20H25Cl2N5O2S/c1-3-27(4-2)7-5-6-25-18(28)13-8-12(15-11-16(21)30-17(15)22)9-14(10-13)19(29)26-20(23)24/h8-11H,3-7H2,1-2H3,(H,25,28)(H4,23,24,26,29). The number of rotatable bonds is 9. The maximum absolute atomic E-state index is 12.7. The Bertz CT molecular complexity index is 937. The molecule has 0 saturated heterocycles. The fourth-order valence-corrected chi connectivity index (χ4v) is 4.41. The molecule has 10 heteroatoms. The summed E-state index contributed by atoms with van der Waals surface area (Å²) in [6, 6.07) is 6.39. The molecule has 0 saturated carbocycles. The van der Waals surface area contributed by atoms with Gasteiger partial charge in [-0.05, 0) is 55.9 Å². The highest BCUT2D eigenvalue weighted by molar-refractivity contribution is 7.20. The quantitative estimate of drug-likeness (QED) is 0.294. The Balaban J connectivity index is 2.28. The first-order chi connectivity index (χ1) is 14.2. The van der Waals surface area contributed by atoms with E-state index in [1.54, 1.807) is 18.2 Å². The van der Waals surface area contributed by atoms with Crippen LogP contribution in [0.5, 0.6) is 0 Å². The summed E-state index contributed by atoms with van der Waals surface area (Å²) in [5, 5.41) is 2.89. The van der Waals surface area contributed by atoms with Gasteiger partial charge in [-0.25, -0.2) is 0 Å². The van der Waals surface area contributed by atoms with Gasteiger partial charge >= 0.3 is 0 Å². The van der Waals surface area contributed by atoms with Crippen molar-refractivity contribution in [1.29, 1.82) is 0 Å². The molecule has 0 radical (unpaired) electrons. The minimum absolute atomic E-state index is 0.174. The van der Waals surface area contributed by atoms with Crippen molar-refractivity contribution >= 4 is 52.3 Å². The molecule has 0 aliphatic carbocycles. The first kappa shape index (κ1) is 24.1. The van der Waals surface area contributed by atoms with E-state index >= 15 is 0 Å². The molecule has 7 nitrogen and oxygen atoms in total. The largest absolute Gasteiger partial charge is 0.370 e. The smallest absolute Gasteiger partial charge is 0.280 e. The van der Waals surface area contributed by atoms with Crippen LogP contribution in [0.15, 0.2) is 29.3 Å². The number of thiophene rings is 1. The van der Waals surface area contributed by atoms with Crippen LogP contribution in [0.3, 0.4) is 0 Å². The van der Waals surface area contributed by atoms with E-state index in [9.17, 15) is 9.59 Å². The summed E-state index contributed by atoms with van der Waals surface area (Å²) < 4.78 is 0.954. The number of aliphatic imine (C=N–C) groups is 1. The summed E-state index contributed by atoms with van der Waals surface area (Å²) in [5.74, 6) is -1.30. The van der Waals surface area contributed by atoms with E-state index in [1.807, 2.05) is 0 Å². The van der Waals surface area contributed by atoms with Crippen LogP contribution in [0.4, 0.5) is 0 Å². The zero-order chi connectivity index (χ0) is 22.3. The van der Waals surface area contributed by atoms with Crippen molar-refractivity contribution in [3.8, 4) is 11.1 Å². The summed E-state index contributed by atoms with van der Waals surface area (Å²) in [7, 11) is 0. The third-order valence-corrected chi connectivity index (χ3v) is 5.96. The van der Waals surface area contributed by atoms with E-state index < -0.39 is 5.91 Å². The second kappa shape index (κ2) is 11.3. The van der Waals surface area contributed by atoms with Gasteiger partial charge in [-0.2, -0.15) is 4.99 Å². The Hall–Kier alpha value is -2.13. The maximum Gasteiger partial charge on any atom is 0.280 e. The van der Waals surface area contributed by atoms with Crippen LogP contribution < -0.4 is 16.8 Å². The van der Waals surface area contributed by atoms with Gasteiger partial charge in [0.25, 0.3) is 11.8 Å². The van der Waals surface area contributed by atoms with E-state index in [0.717, 1.165) is 26.1 Å². The molecule has 162 valence electrons. The van der Waals surface area contributed by atoms with Gasteiger partial charge in [0.1, 0.15) is 4.34 Å². The molecule has 0 unspecified atom stereocenters. The maximum atomic E-state index is 12.7. The molecule has 1 heterocycles. The minimum atomic E-state index is -0.648. The molecule has 30 heavy (non-hydrogen) atoms. The van der Waals surface area contributed by atoms with E-state index in [-0.39, 0.29) is 17.4 Å². The molecule has 0 spiro atoms. The van der Waals surface area contributed by atoms with Crippen molar-refractivity contribution in [1.82, 2.24) is 10.2 Å². The molecule has 0 bridgehead atoms. The lowest BCUT2D eigenvalue weighted by atomic mass is 10.0. The molecule has 0 aliphatic rings. The first-order valence-electron chi connectivity index (χ1n) is 9.49. The summed E-state index contributed by atoms with van der Waals surface area (Å²) in [6.07, 6.45) is 0.818. The molecular formula is C20H25Cl2N5O2S. The van der Waals surface area contributed by atoms with Crippen LogP contribution >= 0.6 is 34.5 Å². The molecule has 5 N–H and O–H groups in total. The Morgan fingerprint density at radius 3 is 2.33 bits per heavy atom. The molecule has 0 aliphatic heterocycles. The fourth-order valence-electron chi connectivity index (χ4n) is 2.90. The average molecular weight is 470 g/mol. The fraction of sp³-hybridized carbons (Fsp3) is 0.350. The predicted octanol–water partition coefficient (Wildman–Crippen LogP) is 3.60. The SMILES string of the molecule is CCN(CC)CCCNC(=O)c1cc(C(=O)N=C(N)N)cc(-c2cc(Cl)sc2Cl)c1. The van der Waals surface area contributed by atoms with Crippen LogP contribution in [0, 0.1) is 0 Å². The van der Waals surface area contributed by atoms with E-state index in [4.69, 9.17) is 34.7 Å². The molecule has 0 atom stereocenters. The second-order valence-electron chi connectivity index (χ2n) is 6.52. The predicted molar refractivity (Wildman–Crippen MR) is 125 cm³/mol. The van der Waals surface area contributed by atoms with Crippen LogP contribution in [-0.4, -0.2) is 48.9 Å². The Morgan fingerprint density at radius 2 is 1.77 bits per heavy atom. The number of benzene rings is 1. The summed E-state index contributed by atoms with van der Waals surface area (Å²) in [6.45, 7) is 7.54. The Kier molecular flexibility index (Phi) is 9.10. The number of hydrogen-bond acceptors (Lipinski definition) is 4. The van der Waals surface area contributed by atoms with Gasteiger partial charge in [0.15, 0.2) is 5.96 Å². The number of carbonyl (C=O) groups excluding carboxylic acids is 2. The zero-order valence-electron chi connectivity index (χ0n) is 16.9. The number of guanidine groups is 1. The van der Waals surface area contributed by atoms with Crippen molar-refractivity contribution in [2.24, 2.45) is 16.5 Å². The highest BCUT2D eigenvalue weighted by Gasteiger charge is 2.16. The van der Waals surface area contributed by atoms with Crippen molar-refractivity contribution < 1.29 is 9.59 Å². The molecule has 2 amide bonds. The molecule has 0 fully saturated rings. The van der Waals surface area contributed by atoms with Gasteiger partial charge in [0.2, 0.25) is 0 Å². The van der Waals surface area contributed by atoms with Gasteiger partial charge in [-0.3, -0.25) is 9.59 Å². The molecule has 2 rings (SSSR count). The number of halogens is 2. The number of hydrogen-bond donors (Lipinski definition) is 3. The van der Waals surface area contributed by atoms with Crippen LogP contribution in [0.2, 0.25) is 8.67 Å². The molecule has 2 aromatic rings. The van der Waals surface area contributed by atoms with Crippen molar-refractivity contribution in [2.45, 2.75) is 20.3 Å². The van der Waals surface area contributed by atoms with E-state index in [0.29, 0.717) is 31.9 Å². The van der Waals surface area contributed by atoms with E-state index in [2.05, 4.69) is 29.1 Å². The summed E-state index contributed by atoms with van der Waals surface area (Å²) in [5.41, 5.74) is 12.3. The normalized spacial score (nSPS) is 10.8. The highest BCUT2D eigenvalue weighted by Crippen LogP contribution is 2.38. The lowest BCUT2D eigenvalue weighted by Gasteiger charge is -2.17. The summed E-state index contributed by atoms with van der Waals surface area (Å²) in [4.78, 5) is 30.9. The number of nitrogens with two attached hydrogens (primary N) is 2. The Labute approximate surface area is 190 Å². The lowest BCUT2D eigenvalue weighted by Crippen LogP contribution is -2.30. The average Bonchev–Trinajstić information content (AvgIpc) is 3.05. The number of amides is 2. The topological polar surface area (TPSA) is 114 Å². The second-order valence-corrected chi connectivity index (χ2v) is 8.80. The third-order valence-electron chi connectivity index (χ3n) is 4.47. The summed E-state index contributed by atoms with van der Waals surface area (Å²) >= 11 is 13.5. The van der Waals surface area contributed by atoms with Gasteiger partial charge in [-0.15, -0.1) is 11.3 Å². The van der Waals surface area contributed by atoms with Gasteiger partial charge in [-0.1, -0.05) is 37.0 Å². The molecule has 1 aromatic heterocycles. The van der Waals surface area contributed by atoms with Crippen molar-refractivity contribution in [2.75, 3.05) is 26.2 Å². The molecular weight excluding hydrogens is 445 g/mol. The number of carbonyl (C=O) groups is 2. The van der Waals surface area contributed by atoms with Gasteiger partial charge in [0.05, 0.1) is 4.34 Å². The number of nitrogens with zero attached hydrogens (tertiary/aromatic N) is 2. The zero-order valence-corrected chi connectivity index (χ0v) is 19.2. The first-order valence-corrected chi connectivity index (χ1v) is 11.1. The van der Waals surface area contributed by atoms with Crippen molar-refractivity contribution in [3.63, 3.8) is 0 Å². The molecule has 1 aromatic carbocycles. The lowest BCUT2D eigenvalue weighted by molar-refractivity contribution is 0.0952.